The number of ether oxygens (including phenoxy) is 2. The lowest BCUT2D eigenvalue weighted by Gasteiger charge is -2.39. The number of ketones is 1. The minimum Gasteiger partial charge on any atom is -0.493 e. The molecule has 2 aromatic carbocycles. The number of Topliss-reactive ketones (excluding diaryl/α,β-unsaturated/α-hetero) is 1. The largest absolute Gasteiger partial charge is 0.493 e. The van der Waals surface area contributed by atoms with Gasteiger partial charge < -0.3 is 14.8 Å². The highest BCUT2D eigenvalue weighted by molar-refractivity contribution is 8.02. The predicted octanol–water partition coefficient (Wildman–Crippen LogP) is 6.36. The monoisotopic (exact) mass is 494 g/mol. The van der Waals surface area contributed by atoms with Crippen molar-refractivity contribution in [2.45, 2.75) is 38.4 Å². The van der Waals surface area contributed by atoms with E-state index in [0.29, 0.717) is 39.8 Å². The smallest absolute Gasteiger partial charge is 0.162 e. The third-order valence-corrected chi connectivity index (χ3v) is 7.50. The Balaban J connectivity index is 1.80. The highest BCUT2D eigenvalue weighted by Crippen LogP contribution is 2.49. The number of nitrogens with one attached hydrogen (secondary N) is 1. The zero-order valence-electron chi connectivity index (χ0n) is 19.7. The molecule has 0 aromatic heterocycles. The van der Waals surface area contributed by atoms with Gasteiger partial charge in [-0.05, 0) is 47.2 Å². The van der Waals surface area contributed by atoms with Crippen LogP contribution in [0.1, 0.15) is 43.7 Å². The summed E-state index contributed by atoms with van der Waals surface area (Å²) in [5.74, 6) is 1.45. The molecule has 1 aliphatic carbocycles. The SMILES string of the molecule is COc1ccc([C@H]2C(C#N)=C(SCc3ccc(Cl)cc3)NC3=C2C(=O)CC(C)(C)C3)cc1OC. The molecule has 4 rings (SSSR count). The van der Waals surface area contributed by atoms with Crippen LogP contribution in [0.4, 0.5) is 0 Å². The van der Waals surface area contributed by atoms with Gasteiger partial charge in [0.25, 0.3) is 0 Å². The lowest BCUT2D eigenvalue weighted by molar-refractivity contribution is -0.118. The number of dihydropyridines is 1. The quantitative estimate of drug-likeness (QED) is 0.504. The van der Waals surface area contributed by atoms with E-state index in [1.54, 1.807) is 26.0 Å². The molecular formula is C27H27ClN2O3S. The molecule has 0 radical (unpaired) electrons. The van der Waals surface area contributed by atoms with Crippen molar-refractivity contribution in [3.63, 3.8) is 0 Å². The number of nitrogens with zero attached hydrogens (tertiary/aromatic N) is 1. The molecule has 2 aliphatic rings. The van der Waals surface area contributed by atoms with Crippen LogP contribution in [0.5, 0.6) is 11.5 Å². The Bertz CT molecular complexity index is 1230. The maximum atomic E-state index is 13.4. The number of carbonyl (C=O) groups excluding carboxylic acids is 1. The molecule has 1 atom stereocenters. The first-order valence-corrected chi connectivity index (χ1v) is 12.4. The number of nitriles is 1. The standard InChI is InChI=1S/C27H27ClN2O3S/c1-27(2)12-20-25(21(31)13-27)24(17-7-10-22(32-3)23(11-17)33-4)19(14-29)26(30-20)34-15-16-5-8-18(28)9-6-16/h5-11,24,30H,12-13,15H2,1-4H3/t24-/m0/s1. The molecule has 176 valence electrons. The number of allylic oxidation sites excluding steroid dienone is 3. The van der Waals surface area contributed by atoms with Crippen molar-refractivity contribution in [2.24, 2.45) is 5.41 Å². The van der Waals surface area contributed by atoms with E-state index < -0.39 is 5.92 Å². The average molecular weight is 495 g/mol. The Labute approximate surface area is 209 Å². The van der Waals surface area contributed by atoms with Gasteiger partial charge in [0.15, 0.2) is 17.3 Å². The molecule has 1 heterocycles. The van der Waals surface area contributed by atoms with E-state index >= 15 is 0 Å². The van der Waals surface area contributed by atoms with Crippen molar-refractivity contribution in [3.8, 4) is 17.6 Å². The summed E-state index contributed by atoms with van der Waals surface area (Å²) < 4.78 is 10.9. The third kappa shape index (κ3) is 4.82. The van der Waals surface area contributed by atoms with Crippen molar-refractivity contribution in [1.29, 1.82) is 5.26 Å². The van der Waals surface area contributed by atoms with Crippen molar-refractivity contribution in [2.75, 3.05) is 14.2 Å². The molecule has 0 spiro atoms. The van der Waals surface area contributed by atoms with Gasteiger partial charge in [0, 0.05) is 28.5 Å². The minimum absolute atomic E-state index is 0.0769. The fraction of sp³-hybridized carbons (Fsp3) is 0.333. The summed E-state index contributed by atoms with van der Waals surface area (Å²) in [6, 6.07) is 15.7. The van der Waals surface area contributed by atoms with Gasteiger partial charge in [0.2, 0.25) is 0 Å². The Kier molecular flexibility index (Phi) is 6.97. The Hall–Kier alpha value is -2.88. The minimum atomic E-state index is -0.461. The molecule has 5 nitrogen and oxygen atoms in total. The molecule has 7 heteroatoms. The topological polar surface area (TPSA) is 71.3 Å². The van der Waals surface area contributed by atoms with E-state index in [1.807, 2.05) is 42.5 Å². The molecular weight excluding hydrogens is 468 g/mol. The second-order valence-corrected chi connectivity index (χ2v) is 10.7. The van der Waals surface area contributed by atoms with Gasteiger partial charge >= 0.3 is 0 Å². The lowest BCUT2D eigenvalue weighted by atomic mass is 9.69. The molecule has 0 amide bonds. The van der Waals surface area contributed by atoms with Crippen LogP contribution in [0.3, 0.4) is 0 Å². The van der Waals surface area contributed by atoms with E-state index in [4.69, 9.17) is 21.1 Å². The molecule has 2 aromatic rings. The lowest BCUT2D eigenvalue weighted by Crippen LogP contribution is -2.36. The number of benzene rings is 2. The first kappa shape index (κ1) is 24.3. The van der Waals surface area contributed by atoms with E-state index in [0.717, 1.165) is 28.3 Å². The van der Waals surface area contributed by atoms with Crippen LogP contribution in [-0.4, -0.2) is 20.0 Å². The Morgan fingerprint density at radius 3 is 2.47 bits per heavy atom. The van der Waals surface area contributed by atoms with Crippen molar-refractivity contribution in [3.05, 3.63) is 80.5 Å². The normalized spacial score (nSPS) is 19.3. The van der Waals surface area contributed by atoms with Crippen LogP contribution in [0.2, 0.25) is 5.02 Å². The van der Waals surface area contributed by atoms with Crippen LogP contribution >= 0.6 is 23.4 Å². The van der Waals surface area contributed by atoms with Gasteiger partial charge in [-0.2, -0.15) is 5.26 Å². The third-order valence-electron chi connectivity index (χ3n) is 6.16. The second kappa shape index (κ2) is 9.77. The van der Waals surface area contributed by atoms with E-state index in [2.05, 4.69) is 25.2 Å². The first-order chi connectivity index (χ1) is 16.3. The molecule has 0 fully saturated rings. The molecule has 0 bridgehead atoms. The molecule has 0 unspecified atom stereocenters. The van der Waals surface area contributed by atoms with E-state index in [-0.39, 0.29) is 11.2 Å². The maximum Gasteiger partial charge on any atom is 0.162 e. The van der Waals surface area contributed by atoms with Gasteiger partial charge in [-0.1, -0.05) is 43.6 Å². The molecule has 0 saturated heterocycles. The zero-order chi connectivity index (χ0) is 24.5. The fourth-order valence-corrected chi connectivity index (χ4v) is 5.74. The number of thioether (sulfide) groups is 1. The van der Waals surface area contributed by atoms with Crippen LogP contribution in [-0.2, 0) is 10.5 Å². The molecule has 1 N–H and O–H groups in total. The average Bonchev–Trinajstić information content (AvgIpc) is 2.81. The highest BCUT2D eigenvalue weighted by atomic mass is 35.5. The summed E-state index contributed by atoms with van der Waals surface area (Å²) in [6.07, 6.45) is 1.19. The van der Waals surface area contributed by atoms with Crippen LogP contribution in [0.15, 0.2) is 64.3 Å². The van der Waals surface area contributed by atoms with Crippen molar-refractivity contribution >= 4 is 29.1 Å². The predicted molar refractivity (Wildman–Crippen MR) is 136 cm³/mol. The number of carbonyl (C=O) groups is 1. The van der Waals surface area contributed by atoms with Crippen LogP contribution in [0, 0.1) is 16.7 Å². The zero-order valence-corrected chi connectivity index (χ0v) is 21.3. The number of rotatable bonds is 6. The van der Waals surface area contributed by atoms with E-state index in [9.17, 15) is 10.1 Å². The summed E-state index contributed by atoms with van der Waals surface area (Å²) in [6.45, 7) is 4.21. The fourth-order valence-electron chi connectivity index (χ4n) is 4.59. The van der Waals surface area contributed by atoms with Crippen molar-refractivity contribution < 1.29 is 14.3 Å². The molecule has 0 saturated carbocycles. The summed E-state index contributed by atoms with van der Waals surface area (Å²) >= 11 is 7.59. The Morgan fingerprint density at radius 1 is 1.12 bits per heavy atom. The molecule has 1 aliphatic heterocycles. The summed E-state index contributed by atoms with van der Waals surface area (Å²) in [5, 5.41) is 15.2. The van der Waals surface area contributed by atoms with Crippen LogP contribution in [0.25, 0.3) is 0 Å². The van der Waals surface area contributed by atoms with Gasteiger partial charge in [-0.25, -0.2) is 0 Å². The van der Waals surface area contributed by atoms with E-state index in [1.165, 1.54) is 0 Å². The first-order valence-electron chi connectivity index (χ1n) is 11.0. The molecule has 34 heavy (non-hydrogen) atoms. The Morgan fingerprint density at radius 2 is 1.82 bits per heavy atom. The van der Waals surface area contributed by atoms with Gasteiger partial charge in [-0.3, -0.25) is 4.79 Å². The number of hydrogen-bond acceptors (Lipinski definition) is 6. The number of halogens is 1. The summed E-state index contributed by atoms with van der Waals surface area (Å²) in [5.41, 5.74) is 3.90. The number of methoxy groups -OCH3 is 2. The van der Waals surface area contributed by atoms with Crippen molar-refractivity contribution in [1.82, 2.24) is 5.32 Å². The van der Waals surface area contributed by atoms with Gasteiger partial charge in [0.1, 0.15) is 0 Å². The highest BCUT2D eigenvalue weighted by Gasteiger charge is 2.42. The number of hydrogen-bond donors (Lipinski definition) is 1. The van der Waals surface area contributed by atoms with Gasteiger partial charge in [0.05, 0.1) is 36.8 Å². The van der Waals surface area contributed by atoms with Crippen LogP contribution < -0.4 is 14.8 Å². The van der Waals surface area contributed by atoms with Gasteiger partial charge in [-0.15, -0.1) is 11.8 Å². The summed E-state index contributed by atoms with van der Waals surface area (Å²) in [4.78, 5) is 13.4. The maximum absolute atomic E-state index is 13.4. The summed E-state index contributed by atoms with van der Waals surface area (Å²) in [7, 11) is 3.17. The second-order valence-electron chi connectivity index (χ2n) is 9.28.